The van der Waals surface area contributed by atoms with Gasteiger partial charge in [-0.3, -0.25) is 4.98 Å². The SMILES string of the molecule is COc1ccc(CN2C(=S)N[C@@H](c3ccccn3)[C@@H]2c2cc(C)n(-c3ncccc3C)c2C)cc1. The van der Waals surface area contributed by atoms with E-state index in [1.807, 2.05) is 42.7 Å². The topological polar surface area (TPSA) is 55.2 Å². The molecule has 0 spiro atoms. The number of nitrogens with zero attached hydrogens (tertiary/aromatic N) is 4. The van der Waals surface area contributed by atoms with Crippen molar-refractivity contribution in [3.8, 4) is 11.6 Å². The van der Waals surface area contributed by atoms with Gasteiger partial charge in [0.15, 0.2) is 5.11 Å². The van der Waals surface area contributed by atoms with Gasteiger partial charge in [-0.15, -0.1) is 0 Å². The van der Waals surface area contributed by atoms with E-state index in [-0.39, 0.29) is 12.1 Å². The monoisotopic (exact) mass is 483 g/mol. The number of rotatable bonds is 6. The third kappa shape index (κ3) is 4.28. The van der Waals surface area contributed by atoms with Crippen LogP contribution in [0.4, 0.5) is 0 Å². The molecule has 1 aliphatic rings. The zero-order valence-corrected chi connectivity index (χ0v) is 21.2. The average molecular weight is 484 g/mol. The Morgan fingerprint density at radius 3 is 2.43 bits per heavy atom. The fourth-order valence-electron chi connectivity index (χ4n) is 4.97. The number of benzene rings is 1. The summed E-state index contributed by atoms with van der Waals surface area (Å²) in [7, 11) is 1.68. The quantitative estimate of drug-likeness (QED) is 0.372. The number of ether oxygens (including phenoxy) is 1. The Morgan fingerprint density at radius 1 is 0.971 bits per heavy atom. The van der Waals surface area contributed by atoms with E-state index in [1.165, 1.54) is 5.56 Å². The minimum atomic E-state index is -0.0688. The second-order valence-corrected chi connectivity index (χ2v) is 9.30. The predicted molar refractivity (Wildman–Crippen MR) is 142 cm³/mol. The fourth-order valence-corrected chi connectivity index (χ4v) is 5.27. The summed E-state index contributed by atoms with van der Waals surface area (Å²) in [6.07, 6.45) is 3.68. The molecule has 1 saturated heterocycles. The Bertz CT molecular complexity index is 1350. The Labute approximate surface area is 211 Å². The molecule has 1 aliphatic heterocycles. The Morgan fingerprint density at radius 2 is 1.74 bits per heavy atom. The molecule has 0 aliphatic carbocycles. The summed E-state index contributed by atoms with van der Waals surface area (Å²) in [5.41, 5.74) is 6.77. The highest BCUT2D eigenvalue weighted by atomic mass is 32.1. The fraction of sp³-hybridized carbons (Fsp3) is 0.250. The van der Waals surface area contributed by atoms with Gasteiger partial charge in [-0.25, -0.2) is 4.98 Å². The molecule has 1 fully saturated rings. The minimum absolute atomic E-state index is 0.0246. The maximum absolute atomic E-state index is 5.88. The second kappa shape index (κ2) is 9.50. The molecule has 3 aromatic heterocycles. The normalized spacial score (nSPS) is 17.5. The van der Waals surface area contributed by atoms with Gasteiger partial charge in [0.25, 0.3) is 0 Å². The maximum Gasteiger partial charge on any atom is 0.170 e. The lowest BCUT2D eigenvalue weighted by Gasteiger charge is -2.28. The molecule has 2 atom stereocenters. The van der Waals surface area contributed by atoms with Crippen LogP contribution in [0.15, 0.2) is 73.1 Å². The zero-order chi connectivity index (χ0) is 24.5. The highest BCUT2D eigenvalue weighted by Crippen LogP contribution is 2.42. The lowest BCUT2D eigenvalue weighted by Crippen LogP contribution is -2.29. The van der Waals surface area contributed by atoms with E-state index in [0.29, 0.717) is 6.54 Å². The van der Waals surface area contributed by atoms with Gasteiger partial charge in [0.05, 0.1) is 24.9 Å². The Hall–Kier alpha value is -3.71. The van der Waals surface area contributed by atoms with E-state index < -0.39 is 0 Å². The van der Waals surface area contributed by atoms with Crippen molar-refractivity contribution in [3.05, 3.63) is 107 Å². The summed E-state index contributed by atoms with van der Waals surface area (Å²) in [5, 5.41) is 4.29. The third-order valence-electron chi connectivity index (χ3n) is 6.69. The highest BCUT2D eigenvalue weighted by molar-refractivity contribution is 7.80. The van der Waals surface area contributed by atoms with Crippen molar-refractivity contribution in [2.75, 3.05) is 7.11 Å². The first-order valence-corrected chi connectivity index (χ1v) is 12.1. The maximum atomic E-state index is 5.88. The molecule has 35 heavy (non-hydrogen) atoms. The van der Waals surface area contributed by atoms with Crippen molar-refractivity contribution in [2.24, 2.45) is 0 Å². The lowest BCUT2D eigenvalue weighted by molar-refractivity contribution is 0.310. The van der Waals surface area contributed by atoms with Crippen molar-refractivity contribution in [1.82, 2.24) is 24.8 Å². The van der Waals surface area contributed by atoms with Crippen molar-refractivity contribution >= 4 is 17.3 Å². The standard InChI is InChI=1S/C28H29N5OS/c1-18-8-7-15-30-27(18)33-19(2)16-23(20(33)3)26-25(24-9-5-6-14-29-24)31-28(35)32(26)17-21-10-12-22(34-4)13-11-21/h5-16,25-26H,17H2,1-4H3,(H,31,35)/t25-,26-/m0/s1. The zero-order valence-electron chi connectivity index (χ0n) is 20.4. The molecule has 4 heterocycles. The number of thiocarbonyl (C=S) groups is 1. The van der Waals surface area contributed by atoms with Crippen LogP contribution < -0.4 is 10.1 Å². The Balaban J connectivity index is 1.60. The van der Waals surface area contributed by atoms with Crippen LogP contribution in [0.3, 0.4) is 0 Å². The van der Waals surface area contributed by atoms with Gasteiger partial charge < -0.3 is 19.5 Å². The lowest BCUT2D eigenvalue weighted by atomic mass is 9.96. The molecule has 1 aromatic carbocycles. The molecule has 0 saturated carbocycles. The molecule has 7 heteroatoms. The molecule has 178 valence electrons. The first-order chi connectivity index (χ1) is 17.0. The number of nitrogens with one attached hydrogen (secondary N) is 1. The van der Waals surface area contributed by atoms with E-state index in [2.05, 4.69) is 75.9 Å². The predicted octanol–water partition coefficient (Wildman–Crippen LogP) is 5.37. The van der Waals surface area contributed by atoms with E-state index >= 15 is 0 Å². The highest BCUT2D eigenvalue weighted by Gasteiger charge is 2.41. The minimum Gasteiger partial charge on any atom is -0.497 e. The summed E-state index contributed by atoms with van der Waals surface area (Å²) in [6.45, 7) is 7.07. The molecule has 5 rings (SSSR count). The molecular formula is C28H29N5OS. The van der Waals surface area contributed by atoms with Crippen LogP contribution in [0.25, 0.3) is 5.82 Å². The molecule has 6 nitrogen and oxygen atoms in total. The van der Waals surface area contributed by atoms with Crippen LogP contribution >= 0.6 is 12.2 Å². The first kappa shape index (κ1) is 23.1. The van der Waals surface area contributed by atoms with E-state index in [1.54, 1.807) is 7.11 Å². The van der Waals surface area contributed by atoms with E-state index in [9.17, 15) is 0 Å². The summed E-state index contributed by atoms with van der Waals surface area (Å²) >= 11 is 5.88. The first-order valence-electron chi connectivity index (χ1n) is 11.7. The van der Waals surface area contributed by atoms with Gasteiger partial charge in [0.1, 0.15) is 11.6 Å². The smallest absolute Gasteiger partial charge is 0.170 e. The van der Waals surface area contributed by atoms with Crippen LogP contribution in [0.1, 0.15) is 45.9 Å². The van der Waals surface area contributed by atoms with Gasteiger partial charge in [-0.1, -0.05) is 24.3 Å². The molecule has 4 aromatic rings. The van der Waals surface area contributed by atoms with Gasteiger partial charge in [0, 0.05) is 30.3 Å². The van der Waals surface area contributed by atoms with Crippen LogP contribution in [0, 0.1) is 20.8 Å². The molecular weight excluding hydrogens is 454 g/mol. The Kier molecular flexibility index (Phi) is 6.26. The van der Waals surface area contributed by atoms with E-state index in [0.717, 1.165) is 44.9 Å². The number of methoxy groups -OCH3 is 1. The molecule has 1 N–H and O–H groups in total. The molecule has 0 bridgehead atoms. The summed E-state index contributed by atoms with van der Waals surface area (Å²) in [6, 6.07) is 20.4. The number of aryl methyl sites for hydroxylation is 2. The number of hydrogen-bond donors (Lipinski definition) is 1. The summed E-state index contributed by atoms with van der Waals surface area (Å²) < 4.78 is 7.58. The molecule has 0 amide bonds. The van der Waals surface area contributed by atoms with Crippen LogP contribution in [0.5, 0.6) is 5.75 Å². The van der Waals surface area contributed by atoms with Crippen molar-refractivity contribution < 1.29 is 4.74 Å². The van der Waals surface area contributed by atoms with Crippen molar-refractivity contribution in [3.63, 3.8) is 0 Å². The average Bonchev–Trinajstić information content (AvgIpc) is 3.35. The van der Waals surface area contributed by atoms with Crippen LogP contribution in [0.2, 0.25) is 0 Å². The van der Waals surface area contributed by atoms with Gasteiger partial charge >= 0.3 is 0 Å². The third-order valence-corrected chi connectivity index (χ3v) is 7.04. The number of pyridine rings is 2. The largest absolute Gasteiger partial charge is 0.497 e. The van der Waals surface area contributed by atoms with Crippen molar-refractivity contribution in [2.45, 2.75) is 39.4 Å². The summed E-state index contributed by atoms with van der Waals surface area (Å²) in [5.74, 6) is 1.80. The second-order valence-electron chi connectivity index (χ2n) is 8.91. The van der Waals surface area contributed by atoms with Gasteiger partial charge in [-0.05, 0) is 86.1 Å². The van der Waals surface area contributed by atoms with Crippen LogP contribution in [-0.4, -0.2) is 31.7 Å². The molecule has 0 unspecified atom stereocenters. The van der Waals surface area contributed by atoms with Crippen LogP contribution in [-0.2, 0) is 6.54 Å². The van der Waals surface area contributed by atoms with Gasteiger partial charge in [0.2, 0.25) is 0 Å². The number of aromatic nitrogens is 3. The molecule has 0 radical (unpaired) electrons. The number of hydrogen-bond acceptors (Lipinski definition) is 4. The van der Waals surface area contributed by atoms with Crippen molar-refractivity contribution in [1.29, 1.82) is 0 Å². The van der Waals surface area contributed by atoms with Gasteiger partial charge in [-0.2, -0.15) is 0 Å². The summed E-state index contributed by atoms with van der Waals surface area (Å²) in [4.78, 5) is 11.6. The van der Waals surface area contributed by atoms with E-state index in [4.69, 9.17) is 17.0 Å².